The monoisotopic (exact) mass is 202 g/mol. The lowest BCUT2D eigenvalue weighted by atomic mass is 10.3. The Balaban J connectivity index is 1.97. The highest BCUT2D eigenvalue weighted by Gasteiger charge is 2.26. The maximum absolute atomic E-state index is 12.9. The van der Waals surface area contributed by atoms with Gasteiger partial charge in [0.15, 0.2) is 0 Å². The van der Waals surface area contributed by atoms with Crippen LogP contribution in [0.25, 0.3) is 5.69 Å². The van der Waals surface area contributed by atoms with Crippen LogP contribution in [-0.4, -0.2) is 15.0 Å². The maximum atomic E-state index is 12.9. The molecule has 0 amide bonds. The van der Waals surface area contributed by atoms with Crippen molar-refractivity contribution in [2.24, 2.45) is 0 Å². The van der Waals surface area contributed by atoms with Crippen molar-refractivity contribution in [3.8, 4) is 5.69 Å². The molecule has 0 unspecified atom stereocenters. The number of halogens is 1. The average Bonchev–Trinajstić information content (AvgIpc) is 2.97. The van der Waals surface area contributed by atoms with Crippen LogP contribution in [0.1, 0.15) is 24.5 Å². The van der Waals surface area contributed by atoms with Gasteiger partial charge >= 0.3 is 0 Å². The topological polar surface area (TPSA) is 30.7 Å². The summed E-state index contributed by atoms with van der Waals surface area (Å²) in [5.74, 6) is 0.171. The van der Waals surface area contributed by atoms with Gasteiger partial charge in [-0.3, -0.25) is 0 Å². The normalized spacial score (nSPS) is 15.5. The second kappa shape index (κ2) is 3.15. The Kier molecular flexibility index (Phi) is 1.80. The van der Waals surface area contributed by atoms with E-state index in [2.05, 4.69) is 16.3 Å². The van der Waals surface area contributed by atoms with E-state index in [0.29, 0.717) is 11.6 Å². The Morgan fingerprint density at radius 3 is 3.00 bits per heavy atom. The summed E-state index contributed by atoms with van der Waals surface area (Å²) in [7, 11) is 0. The first-order valence-electron chi connectivity index (χ1n) is 4.93. The van der Waals surface area contributed by atoms with Gasteiger partial charge in [0.05, 0.1) is 23.6 Å². The van der Waals surface area contributed by atoms with Crippen molar-refractivity contribution in [3.05, 3.63) is 42.0 Å². The van der Waals surface area contributed by atoms with E-state index in [1.807, 2.05) is 0 Å². The Hall–Kier alpha value is -1.71. The van der Waals surface area contributed by atoms with Gasteiger partial charge in [-0.15, -0.1) is 0 Å². The van der Waals surface area contributed by atoms with Crippen LogP contribution < -0.4 is 0 Å². The average molecular weight is 202 g/mol. The van der Waals surface area contributed by atoms with E-state index in [-0.39, 0.29) is 0 Å². The third-order valence-electron chi connectivity index (χ3n) is 2.46. The predicted octanol–water partition coefficient (Wildman–Crippen LogP) is 2.08. The molecule has 0 aliphatic heterocycles. The van der Waals surface area contributed by atoms with Gasteiger partial charge in [0.1, 0.15) is 5.82 Å². The van der Waals surface area contributed by atoms with Gasteiger partial charge in [-0.25, -0.2) is 4.39 Å². The summed E-state index contributed by atoms with van der Waals surface area (Å²) in [6, 6.07) is 7.29. The zero-order valence-corrected chi connectivity index (χ0v) is 8.02. The smallest absolute Gasteiger partial charge is 0.133 e. The van der Waals surface area contributed by atoms with Gasteiger partial charge in [-0.1, -0.05) is 6.07 Å². The second-order valence-corrected chi connectivity index (χ2v) is 3.72. The molecule has 3 rings (SSSR count). The zero-order chi connectivity index (χ0) is 10.3. The van der Waals surface area contributed by atoms with Crippen LogP contribution in [-0.2, 0) is 0 Å². The van der Waals surface area contributed by atoms with Crippen molar-refractivity contribution in [1.82, 2.24) is 15.0 Å². The summed E-state index contributed by atoms with van der Waals surface area (Å²) in [6.07, 6.45) is 4.12. The molecular formula is C11H9FN3. The molecule has 1 aliphatic carbocycles. The third-order valence-corrected chi connectivity index (χ3v) is 2.46. The van der Waals surface area contributed by atoms with Crippen LogP contribution in [0, 0.1) is 11.9 Å². The van der Waals surface area contributed by atoms with E-state index in [9.17, 15) is 4.39 Å². The van der Waals surface area contributed by atoms with Gasteiger partial charge in [-0.2, -0.15) is 15.0 Å². The van der Waals surface area contributed by atoms with Gasteiger partial charge in [0, 0.05) is 5.92 Å². The number of hydrogen-bond donors (Lipinski definition) is 0. The quantitative estimate of drug-likeness (QED) is 0.746. The molecule has 2 aromatic rings. The molecule has 1 heterocycles. The summed E-state index contributed by atoms with van der Waals surface area (Å²) in [5.41, 5.74) is 1.54. The SMILES string of the molecule is Fc1[c]c(-n2ncc(C3CC3)n2)ccc1. The molecule has 0 N–H and O–H groups in total. The summed E-state index contributed by atoms with van der Waals surface area (Å²) in [4.78, 5) is 1.43. The molecule has 0 bridgehead atoms. The molecule has 1 fully saturated rings. The van der Waals surface area contributed by atoms with Crippen LogP contribution in [0.2, 0.25) is 0 Å². The Morgan fingerprint density at radius 1 is 1.40 bits per heavy atom. The van der Waals surface area contributed by atoms with E-state index >= 15 is 0 Å². The molecule has 15 heavy (non-hydrogen) atoms. The fourth-order valence-corrected chi connectivity index (χ4v) is 1.50. The Bertz CT molecular complexity index is 488. The Labute approximate surface area is 86.5 Å². The van der Waals surface area contributed by atoms with E-state index in [1.165, 1.54) is 23.7 Å². The largest absolute Gasteiger partial charge is 0.206 e. The fraction of sp³-hybridized carbons (Fsp3) is 0.273. The number of benzene rings is 1. The number of nitrogens with zero attached hydrogens (tertiary/aromatic N) is 3. The molecule has 1 radical (unpaired) electrons. The van der Waals surface area contributed by atoms with Crippen molar-refractivity contribution in [3.63, 3.8) is 0 Å². The standard InChI is InChI=1S/C11H9FN3/c12-9-2-1-3-10(6-9)15-13-7-11(14-15)8-4-5-8/h1-3,7-8H,4-5H2. The van der Waals surface area contributed by atoms with Gasteiger partial charge < -0.3 is 0 Å². The highest BCUT2D eigenvalue weighted by molar-refractivity contribution is 5.28. The molecule has 1 aliphatic rings. The minimum Gasteiger partial charge on any atom is -0.206 e. The lowest BCUT2D eigenvalue weighted by Gasteiger charge is -1.97. The molecule has 0 spiro atoms. The molecule has 0 atom stereocenters. The molecule has 3 nitrogen and oxygen atoms in total. The molecule has 0 saturated heterocycles. The molecule has 1 aromatic carbocycles. The van der Waals surface area contributed by atoms with Crippen LogP contribution >= 0.6 is 0 Å². The van der Waals surface area contributed by atoms with Gasteiger partial charge in [0.25, 0.3) is 0 Å². The lowest BCUT2D eigenvalue weighted by molar-refractivity contribution is 0.619. The summed E-state index contributed by atoms with van der Waals surface area (Å²) in [5, 5.41) is 8.39. The fourth-order valence-electron chi connectivity index (χ4n) is 1.50. The molecular weight excluding hydrogens is 193 g/mol. The number of hydrogen-bond acceptors (Lipinski definition) is 2. The van der Waals surface area contributed by atoms with E-state index in [0.717, 1.165) is 5.69 Å². The van der Waals surface area contributed by atoms with Crippen molar-refractivity contribution in [2.45, 2.75) is 18.8 Å². The maximum Gasteiger partial charge on any atom is 0.133 e. The van der Waals surface area contributed by atoms with Crippen LogP contribution in [0.4, 0.5) is 4.39 Å². The predicted molar refractivity (Wildman–Crippen MR) is 52.1 cm³/mol. The van der Waals surface area contributed by atoms with Crippen molar-refractivity contribution < 1.29 is 4.39 Å². The first-order valence-corrected chi connectivity index (χ1v) is 4.93. The number of rotatable bonds is 2. The van der Waals surface area contributed by atoms with Crippen molar-refractivity contribution in [1.29, 1.82) is 0 Å². The summed E-state index contributed by atoms with van der Waals surface area (Å²) in [6.45, 7) is 0. The highest BCUT2D eigenvalue weighted by Crippen LogP contribution is 2.38. The van der Waals surface area contributed by atoms with Crippen molar-refractivity contribution in [2.75, 3.05) is 0 Å². The van der Waals surface area contributed by atoms with Crippen molar-refractivity contribution >= 4 is 0 Å². The lowest BCUT2D eigenvalue weighted by Crippen LogP contribution is -1.99. The van der Waals surface area contributed by atoms with E-state index < -0.39 is 5.82 Å². The second-order valence-electron chi connectivity index (χ2n) is 3.72. The third kappa shape index (κ3) is 1.63. The van der Waals surface area contributed by atoms with Crippen LogP contribution in [0.5, 0.6) is 0 Å². The Morgan fingerprint density at radius 2 is 2.27 bits per heavy atom. The highest BCUT2D eigenvalue weighted by atomic mass is 19.1. The van der Waals surface area contributed by atoms with Crippen LogP contribution in [0.15, 0.2) is 24.4 Å². The first-order chi connectivity index (χ1) is 7.33. The minimum absolute atomic E-state index is 0.391. The molecule has 1 saturated carbocycles. The molecule has 4 heteroatoms. The van der Waals surface area contributed by atoms with Crippen LogP contribution in [0.3, 0.4) is 0 Å². The van der Waals surface area contributed by atoms with Gasteiger partial charge in [0.2, 0.25) is 0 Å². The minimum atomic E-state index is -0.391. The molecule has 1 aromatic heterocycles. The summed E-state index contributed by atoms with van der Waals surface area (Å²) < 4.78 is 12.9. The van der Waals surface area contributed by atoms with E-state index in [4.69, 9.17) is 0 Å². The van der Waals surface area contributed by atoms with Gasteiger partial charge in [-0.05, 0) is 25.0 Å². The summed E-state index contributed by atoms with van der Waals surface area (Å²) >= 11 is 0. The van der Waals surface area contributed by atoms with E-state index in [1.54, 1.807) is 18.3 Å². The zero-order valence-electron chi connectivity index (χ0n) is 8.02. The first kappa shape index (κ1) is 8.59. The molecule has 75 valence electrons. The number of aromatic nitrogens is 3.